The first-order valence-electron chi connectivity index (χ1n) is 6.53. The highest BCUT2D eigenvalue weighted by atomic mass is 32.2. The van der Waals surface area contributed by atoms with Crippen molar-refractivity contribution in [3.63, 3.8) is 0 Å². The summed E-state index contributed by atoms with van der Waals surface area (Å²) >= 11 is 1.33. The van der Waals surface area contributed by atoms with Gasteiger partial charge in [0.15, 0.2) is 5.16 Å². The number of nitrogens with one attached hydrogen (secondary N) is 1. The Balaban J connectivity index is 2.89. The van der Waals surface area contributed by atoms with Crippen LogP contribution in [0.3, 0.4) is 0 Å². The maximum atomic E-state index is 11.7. The van der Waals surface area contributed by atoms with E-state index in [1.807, 2.05) is 13.8 Å². The number of aryl methyl sites for hydroxylation is 1. The van der Waals surface area contributed by atoms with E-state index in [1.54, 1.807) is 6.92 Å². The monoisotopic (exact) mass is 298 g/mol. The second-order valence-electron chi connectivity index (χ2n) is 5.18. The molecule has 0 bridgehead atoms. The van der Waals surface area contributed by atoms with Gasteiger partial charge in [-0.05, 0) is 26.7 Å². The van der Waals surface area contributed by atoms with E-state index in [4.69, 9.17) is 5.73 Å². The molecular weight excluding hydrogens is 276 g/mol. The third kappa shape index (κ3) is 4.26. The molecule has 3 amide bonds. The zero-order valence-corrected chi connectivity index (χ0v) is 13.4. The molecule has 1 heterocycles. The quantitative estimate of drug-likeness (QED) is 0.811. The fraction of sp³-hybridized carbons (Fsp3) is 0.615. The molecule has 0 saturated carbocycles. The molecule has 0 fully saturated rings. The number of carbonyl (C=O) groups is 2. The van der Waals surface area contributed by atoms with Crippen LogP contribution in [0.1, 0.15) is 32.2 Å². The number of imidazole rings is 1. The Morgan fingerprint density at radius 3 is 2.45 bits per heavy atom. The van der Waals surface area contributed by atoms with Gasteiger partial charge in [0.25, 0.3) is 0 Å². The number of primary amides is 1. The molecule has 1 atom stereocenters. The molecule has 0 unspecified atom stereocenters. The van der Waals surface area contributed by atoms with Crippen molar-refractivity contribution in [1.29, 1.82) is 0 Å². The molecule has 1 rings (SSSR count). The van der Waals surface area contributed by atoms with E-state index in [2.05, 4.69) is 28.7 Å². The minimum atomic E-state index is -0.833. The molecule has 0 aromatic carbocycles. The second kappa shape index (κ2) is 6.78. The van der Waals surface area contributed by atoms with Crippen LogP contribution in [0.15, 0.2) is 5.16 Å². The van der Waals surface area contributed by atoms with E-state index in [0.29, 0.717) is 5.92 Å². The summed E-state index contributed by atoms with van der Waals surface area (Å²) in [6.07, 6.45) is 0. The standard InChI is InChI=1S/C13H22N4O2S/c1-7(2)6-17-9(4)8(3)15-13(17)20-10(5)11(18)16-12(14)19/h7,10H,6H2,1-5H3,(H3,14,16,18,19)/t10-/m0/s1. The Morgan fingerprint density at radius 2 is 1.95 bits per heavy atom. The first kappa shape index (κ1) is 16.6. The van der Waals surface area contributed by atoms with E-state index < -0.39 is 17.2 Å². The summed E-state index contributed by atoms with van der Waals surface area (Å²) in [7, 11) is 0. The molecule has 6 nitrogen and oxygen atoms in total. The maximum absolute atomic E-state index is 11.7. The van der Waals surface area contributed by atoms with Gasteiger partial charge in [0.2, 0.25) is 5.91 Å². The highest BCUT2D eigenvalue weighted by molar-refractivity contribution is 8.00. The molecule has 1 aromatic heterocycles. The molecule has 0 spiro atoms. The third-order valence-electron chi connectivity index (χ3n) is 2.87. The molecule has 112 valence electrons. The van der Waals surface area contributed by atoms with Gasteiger partial charge >= 0.3 is 6.03 Å². The average molecular weight is 298 g/mol. The first-order chi connectivity index (χ1) is 9.22. The van der Waals surface area contributed by atoms with Crippen LogP contribution in [0.4, 0.5) is 4.79 Å². The number of rotatable bonds is 5. The number of thioether (sulfide) groups is 1. The number of hydrogen-bond acceptors (Lipinski definition) is 4. The molecule has 0 aliphatic heterocycles. The molecule has 20 heavy (non-hydrogen) atoms. The van der Waals surface area contributed by atoms with Crippen molar-refractivity contribution in [3.8, 4) is 0 Å². The van der Waals surface area contributed by atoms with E-state index in [1.165, 1.54) is 11.8 Å². The normalized spacial score (nSPS) is 12.5. The van der Waals surface area contributed by atoms with Gasteiger partial charge < -0.3 is 10.3 Å². The predicted octanol–water partition coefficient (Wildman–Crippen LogP) is 1.83. The molecule has 3 N–H and O–H groups in total. The van der Waals surface area contributed by atoms with Crippen LogP contribution in [0.25, 0.3) is 0 Å². The lowest BCUT2D eigenvalue weighted by molar-refractivity contribution is -0.119. The summed E-state index contributed by atoms with van der Waals surface area (Å²) in [5.74, 6) is 0.0771. The van der Waals surface area contributed by atoms with Crippen molar-refractivity contribution < 1.29 is 9.59 Å². The second-order valence-corrected chi connectivity index (χ2v) is 6.49. The van der Waals surface area contributed by atoms with Crippen LogP contribution in [-0.4, -0.2) is 26.7 Å². The summed E-state index contributed by atoms with van der Waals surface area (Å²) in [5, 5.41) is 2.44. The lowest BCUT2D eigenvalue weighted by Gasteiger charge is -2.14. The minimum Gasteiger partial charge on any atom is -0.351 e. The van der Waals surface area contributed by atoms with Crippen molar-refractivity contribution in [1.82, 2.24) is 14.9 Å². The zero-order valence-electron chi connectivity index (χ0n) is 12.6. The summed E-state index contributed by atoms with van der Waals surface area (Å²) in [6, 6.07) is -0.833. The number of amides is 3. The van der Waals surface area contributed by atoms with Crippen LogP contribution in [0.2, 0.25) is 0 Å². The summed E-state index contributed by atoms with van der Waals surface area (Å²) in [6.45, 7) is 10.8. The smallest absolute Gasteiger partial charge is 0.318 e. The van der Waals surface area contributed by atoms with Crippen molar-refractivity contribution in [2.75, 3.05) is 0 Å². The lowest BCUT2D eigenvalue weighted by atomic mass is 10.2. The van der Waals surface area contributed by atoms with Gasteiger partial charge in [0.1, 0.15) is 0 Å². The fourth-order valence-electron chi connectivity index (χ4n) is 1.73. The van der Waals surface area contributed by atoms with E-state index in [9.17, 15) is 9.59 Å². The van der Waals surface area contributed by atoms with Gasteiger partial charge in [0.05, 0.1) is 10.9 Å². The van der Waals surface area contributed by atoms with Gasteiger partial charge in [-0.1, -0.05) is 25.6 Å². The Kier molecular flexibility index (Phi) is 5.62. The lowest BCUT2D eigenvalue weighted by Crippen LogP contribution is -2.39. The Morgan fingerprint density at radius 1 is 1.35 bits per heavy atom. The van der Waals surface area contributed by atoms with Gasteiger partial charge in [-0.2, -0.15) is 0 Å². The van der Waals surface area contributed by atoms with Crippen LogP contribution in [-0.2, 0) is 11.3 Å². The summed E-state index contributed by atoms with van der Waals surface area (Å²) < 4.78 is 2.11. The van der Waals surface area contributed by atoms with Crippen LogP contribution >= 0.6 is 11.8 Å². The van der Waals surface area contributed by atoms with Crippen LogP contribution in [0.5, 0.6) is 0 Å². The minimum absolute atomic E-state index is 0.406. The van der Waals surface area contributed by atoms with Gasteiger partial charge in [-0.15, -0.1) is 0 Å². The molecule has 0 aliphatic rings. The summed E-state index contributed by atoms with van der Waals surface area (Å²) in [5.41, 5.74) is 7.00. The molecule has 0 radical (unpaired) electrons. The summed E-state index contributed by atoms with van der Waals surface area (Å²) in [4.78, 5) is 26.9. The molecule has 0 aliphatic carbocycles. The van der Waals surface area contributed by atoms with Crippen molar-refractivity contribution in [3.05, 3.63) is 11.4 Å². The number of aromatic nitrogens is 2. The number of nitrogens with two attached hydrogens (primary N) is 1. The fourth-order valence-corrected chi connectivity index (χ4v) is 2.74. The van der Waals surface area contributed by atoms with E-state index in [0.717, 1.165) is 23.1 Å². The molecular formula is C13H22N4O2S. The van der Waals surface area contributed by atoms with Crippen molar-refractivity contribution in [2.45, 2.75) is 51.6 Å². The molecule has 0 saturated heterocycles. The Labute approximate surface area is 123 Å². The number of urea groups is 1. The van der Waals surface area contributed by atoms with E-state index >= 15 is 0 Å². The van der Waals surface area contributed by atoms with Crippen molar-refractivity contribution in [2.24, 2.45) is 11.7 Å². The number of hydrogen-bond donors (Lipinski definition) is 2. The highest BCUT2D eigenvalue weighted by Crippen LogP contribution is 2.26. The van der Waals surface area contributed by atoms with Gasteiger partial charge in [0, 0.05) is 12.2 Å². The number of nitrogens with zero attached hydrogens (tertiary/aromatic N) is 2. The Hall–Kier alpha value is -1.50. The average Bonchev–Trinajstić information content (AvgIpc) is 2.55. The third-order valence-corrected chi connectivity index (χ3v) is 3.96. The zero-order chi connectivity index (χ0) is 15.4. The first-order valence-corrected chi connectivity index (χ1v) is 7.41. The number of carbonyl (C=O) groups excluding carboxylic acids is 2. The van der Waals surface area contributed by atoms with Gasteiger partial charge in [-0.25, -0.2) is 9.78 Å². The Bertz CT molecular complexity index is 511. The topological polar surface area (TPSA) is 90.0 Å². The molecule has 7 heteroatoms. The van der Waals surface area contributed by atoms with Crippen LogP contribution < -0.4 is 11.1 Å². The maximum Gasteiger partial charge on any atom is 0.318 e. The SMILES string of the molecule is Cc1nc(S[C@@H](C)C(=O)NC(N)=O)n(CC(C)C)c1C. The van der Waals surface area contributed by atoms with Crippen molar-refractivity contribution >= 4 is 23.7 Å². The number of imide groups is 1. The van der Waals surface area contributed by atoms with Gasteiger partial charge in [-0.3, -0.25) is 10.1 Å². The highest BCUT2D eigenvalue weighted by Gasteiger charge is 2.20. The molecule has 1 aromatic rings. The predicted molar refractivity (Wildman–Crippen MR) is 79.6 cm³/mol. The van der Waals surface area contributed by atoms with E-state index in [-0.39, 0.29) is 0 Å². The largest absolute Gasteiger partial charge is 0.351 e. The van der Waals surface area contributed by atoms with Crippen LogP contribution in [0, 0.1) is 19.8 Å².